The second-order valence-corrected chi connectivity index (χ2v) is 7.44. The van der Waals surface area contributed by atoms with E-state index in [-0.39, 0.29) is 0 Å². The molecule has 0 saturated carbocycles. The second-order valence-electron chi connectivity index (χ2n) is 7.44. The molecule has 0 bridgehead atoms. The number of rotatable bonds is 7. The number of aromatic nitrogens is 3. The van der Waals surface area contributed by atoms with E-state index in [1.807, 2.05) is 6.20 Å². The number of nitrogens with zero attached hydrogens (tertiary/aromatic N) is 4. The standard InChI is InChI=1S/C20H33N5/c1-5-15(6-2)14-25-20-19(17(7-3)23-25)18(8-11-21-20)22-16-9-12-24(4)13-10-16/h8,11,15-16H,5-7,9-10,12-14H2,1-4H3,(H,21,22). The van der Waals surface area contributed by atoms with Crippen molar-refractivity contribution in [3.8, 4) is 0 Å². The van der Waals surface area contributed by atoms with Gasteiger partial charge in [-0.15, -0.1) is 0 Å². The SMILES string of the molecule is CCc1nn(CC(CC)CC)c2nccc(NC3CCN(C)CC3)c12. The lowest BCUT2D eigenvalue weighted by Gasteiger charge is -2.30. The van der Waals surface area contributed by atoms with E-state index < -0.39 is 0 Å². The number of hydrogen-bond acceptors (Lipinski definition) is 4. The Morgan fingerprint density at radius 1 is 1.20 bits per heavy atom. The fourth-order valence-electron chi connectivity index (χ4n) is 3.83. The number of hydrogen-bond donors (Lipinski definition) is 1. The van der Waals surface area contributed by atoms with Gasteiger partial charge in [0.2, 0.25) is 0 Å². The van der Waals surface area contributed by atoms with E-state index in [9.17, 15) is 0 Å². The van der Waals surface area contributed by atoms with Crippen molar-refractivity contribution in [1.29, 1.82) is 0 Å². The van der Waals surface area contributed by atoms with E-state index in [0.29, 0.717) is 12.0 Å². The predicted octanol–water partition coefficient (Wildman–Crippen LogP) is 3.94. The molecule has 1 aliphatic rings. The minimum absolute atomic E-state index is 0.550. The van der Waals surface area contributed by atoms with Crippen LogP contribution in [0.25, 0.3) is 11.0 Å². The highest BCUT2D eigenvalue weighted by atomic mass is 15.3. The van der Waals surface area contributed by atoms with Crippen LogP contribution in [0.2, 0.25) is 0 Å². The first kappa shape index (κ1) is 18.2. The lowest BCUT2D eigenvalue weighted by atomic mass is 10.0. The zero-order chi connectivity index (χ0) is 17.8. The summed E-state index contributed by atoms with van der Waals surface area (Å²) >= 11 is 0. The average Bonchev–Trinajstić information content (AvgIpc) is 3.00. The summed E-state index contributed by atoms with van der Waals surface area (Å²) in [4.78, 5) is 7.10. The van der Waals surface area contributed by atoms with Crippen LogP contribution >= 0.6 is 0 Å². The number of aryl methyl sites for hydroxylation is 1. The molecule has 0 aromatic carbocycles. The normalized spacial score (nSPS) is 16.8. The molecule has 0 amide bonds. The molecule has 138 valence electrons. The number of nitrogens with one attached hydrogen (secondary N) is 1. The first-order valence-electron chi connectivity index (χ1n) is 9.95. The average molecular weight is 344 g/mol. The van der Waals surface area contributed by atoms with Gasteiger partial charge in [0.1, 0.15) is 0 Å². The zero-order valence-electron chi connectivity index (χ0n) is 16.3. The maximum absolute atomic E-state index is 4.92. The Morgan fingerprint density at radius 3 is 2.56 bits per heavy atom. The van der Waals surface area contributed by atoms with Crippen molar-refractivity contribution in [2.45, 2.75) is 65.5 Å². The Hall–Kier alpha value is -1.62. The maximum Gasteiger partial charge on any atom is 0.160 e. The molecule has 1 N–H and O–H groups in total. The van der Waals surface area contributed by atoms with Crippen molar-refractivity contribution in [3.63, 3.8) is 0 Å². The number of likely N-dealkylation sites (tertiary alicyclic amines) is 1. The summed E-state index contributed by atoms with van der Waals surface area (Å²) in [6, 6.07) is 2.68. The third kappa shape index (κ3) is 3.97. The van der Waals surface area contributed by atoms with Crippen molar-refractivity contribution in [2.75, 3.05) is 25.5 Å². The van der Waals surface area contributed by atoms with E-state index in [1.165, 1.54) is 55.5 Å². The Bertz CT molecular complexity index is 681. The molecule has 0 spiro atoms. The quantitative estimate of drug-likeness (QED) is 0.827. The van der Waals surface area contributed by atoms with Crippen LogP contribution in [0, 0.1) is 5.92 Å². The molecule has 0 unspecified atom stereocenters. The highest BCUT2D eigenvalue weighted by molar-refractivity contribution is 5.91. The van der Waals surface area contributed by atoms with E-state index in [4.69, 9.17) is 5.10 Å². The van der Waals surface area contributed by atoms with Gasteiger partial charge in [-0.3, -0.25) is 0 Å². The summed E-state index contributed by atoms with van der Waals surface area (Å²) < 4.78 is 2.14. The molecule has 0 atom stereocenters. The number of pyridine rings is 1. The lowest BCUT2D eigenvalue weighted by Crippen LogP contribution is -2.36. The molecule has 1 aliphatic heterocycles. The second kappa shape index (κ2) is 8.17. The van der Waals surface area contributed by atoms with E-state index >= 15 is 0 Å². The van der Waals surface area contributed by atoms with Gasteiger partial charge in [-0.1, -0.05) is 33.6 Å². The molecule has 0 radical (unpaired) electrons. The Labute approximate surface area is 151 Å². The number of piperidine rings is 1. The fourth-order valence-corrected chi connectivity index (χ4v) is 3.83. The van der Waals surface area contributed by atoms with Crippen LogP contribution < -0.4 is 5.32 Å². The number of fused-ring (bicyclic) bond motifs is 1. The molecule has 5 heteroatoms. The molecule has 25 heavy (non-hydrogen) atoms. The van der Waals surface area contributed by atoms with Gasteiger partial charge in [0, 0.05) is 24.5 Å². The molecular formula is C20H33N5. The minimum atomic E-state index is 0.550. The first-order chi connectivity index (χ1) is 12.2. The van der Waals surface area contributed by atoms with Gasteiger partial charge in [0.25, 0.3) is 0 Å². The van der Waals surface area contributed by atoms with Crippen LogP contribution in [0.5, 0.6) is 0 Å². The summed E-state index contributed by atoms with van der Waals surface area (Å²) in [5, 5.41) is 9.94. The van der Waals surface area contributed by atoms with Crippen LogP contribution in [0.3, 0.4) is 0 Å². The summed E-state index contributed by atoms with van der Waals surface area (Å²) in [7, 11) is 2.21. The third-order valence-corrected chi connectivity index (χ3v) is 5.70. The Kier molecular flexibility index (Phi) is 5.94. The van der Waals surface area contributed by atoms with Crippen molar-refractivity contribution in [3.05, 3.63) is 18.0 Å². The molecule has 3 heterocycles. The molecule has 2 aromatic rings. The molecule has 2 aromatic heterocycles. The van der Waals surface area contributed by atoms with Gasteiger partial charge in [0.15, 0.2) is 5.65 Å². The van der Waals surface area contributed by atoms with Gasteiger partial charge in [-0.2, -0.15) is 5.10 Å². The van der Waals surface area contributed by atoms with Crippen molar-refractivity contribution < 1.29 is 0 Å². The first-order valence-corrected chi connectivity index (χ1v) is 9.95. The number of anilines is 1. The lowest BCUT2D eigenvalue weighted by molar-refractivity contribution is 0.264. The van der Waals surface area contributed by atoms with Crippen LogP contribution in [0.1, 0.15) is 52.1 Å². The summed E-state index contributed by atoms with van der Waals surface area (Å²) in [6.45, 7) is 10.0. The smallest absolute Gasteiger partial charge is 0.160 e. The van der Waals surface area contributed by atoms with Crippen LogP contribution in [0.4, 0.5) is 5.69 Å². The van der Waals surface area contributed by atoms with Crippen molar-refractivity contribution >= 4 is 16.7 Å². The Morgan fingerprint density at radius 2 is 1.92 bits per heavy atom. The van der Waals surface area contributed by atoms with E-state index in [0.717, 1.165) is 18.6 Å². The highest BCUT2D eigenvalue weighted by Gasteiger charge is 2.20. The molecule has 1 saturated heterocycles. The van der Waals surface area contributed by atoms with Gasteiger partial charge in [-0.05, 0) is 51.4 Å². The molecule has 3 rings (SSSR count). The maximum atomic E-state index is 4.92. The van der Waals surface area contributed by atoms with Gasteiger partial charge in [0.05, 0.1) is 11.1 Å². The largest absolute Gasteiger partial charge is 0.382 e. The minimum Gasteiger partial charge on any atom is -0.382 e. The molecule has 0 aliphatic carbocycles. The third-order valence-electron chi connectivity index (χ3n) is 5.70. The zero-order valence-corrected chi connectivity index (χ0v) is 16.3. The van der Waals surface area contributed by atoms with Gasteiger partial charge in [-0.25, -0.2) is 9.67 Å². The summed E-state index contributed by atoms with van der Waals surface area (Å²) in [5.41, 5.74) is 3.43. The Balaban J connectivity index is 1.90. The van der Waals surface area contributed by atoms with Crippen molar-refractivity contribution in [1.82, 2.24) is 19.7 Å². The van der Waals surface area contributed by atoms with Gasteiger partial charge < -0.3 is 10.2 Å². The topological polar surface area (TPSA) is 46.0 Å². The fraction of sp³-hybridized carbons (Fsp3) is 0.700. The summed E-state index contributed by atoms with van der Waals surface area (Å²) in [5.74, 6) is 0.667. The highest BCUT2D eigenvalue weighted by Crippen LogP contribution is 2.28. The van der Waals surface area contributed by atoms with Crippen LogP contribution in [-0.4, -0.2) is 45.8 Å². The molecule has 1 fully saturated rings. The van der Waals surface area contributed by atoms with Crippen LogP contribution in [-0.2, 0) is 13.0 Å². The summed E-state index contributed by atoms with van der Waals surface area (Å²) in [6.07, 6.45) is 7.65. The predicted molar refractivity (Wildman–Crippen MR) is 105 cm³/mol. The molecule has 5 nitrogen and oxygen atoms in total. The molecular weight excluding hydrogens is 310 g/mol. The van der Waals surface area contributed by atoms with Gasteiger partial charge >= 0.3 is 0 Å². The van der Waals surface area contributed by atoms with Crippen LogP contribution in [0.15, 0.2) is 12.3 Å². The van der Waals surface area contributed by atoms with E-state index in [1.54, 1.807) is 0 Å². The van der Waals surface area contributed by atoms with Crippen molar-refractivity contribution in [2.24, 2.45) is 5.92 Å². The monoisotopic (exact) mass is 343 g/mol. The van der Waals surface area contributed by atoms with E-state index in [2.05, 4.69) is 53.8 Å².